The molecule has 0 aliphatic rings. The molecule has 0 saturated heterocycles. The third-order valence-corrected chi connectivity index (χ3v) is 5.00. The Labute approximate surface area is 65.5 Å². The van der Waals surface area contributed by atoms with Gasteiger partial charge >= 0.3 is 65.7 Å². The molecule has 0 aliphatic heterocycles. The molecular weight excluding hydrogens is 301 g/mol. The second-order valence-corrected chi connectivity index (χ2v) is 11.8. The fraction of sp³-hybridized carbons (Fsp3) is 0.667. The number of hydrogen-bond acceptors (Lipinski definition) is 0. The van der Waals surface area contributed by atoms with Crippen LogP contribution in [0.2, 0.25) is 24.1 Å². The zero-order chi connectivity index (χ0) is 6.62. The van der Waals surface area contributed by atoms with Gasteiger partial charge in [-0.1, -0.05) is 0 Å². The third-order valence-electron chi connectivity index (χ3n) is 0.640. The van der Waals surface area contributed by atoms with Gasteiger partial charge in [-0.25, -0.2) is 0 Å². The molecule has 0 fully saturated rings. The number of hydrogen-bond donors (Lipinski definition) is 0. The van der Waals surface area contributed by atoms with Crippen molar-refractivity contribution in [3.8, 4) is 8.97 Å². The van der Waals surface area contributed by atoms with E-state index in [4.69, 9.17) is 0 Å². The first kappa shape index (κ1) is 8.71. The molecule has 0 rings (SSSR count). The Balaban J connectivity index is 3.69. The van der Waals surface area contributed by atoms with Crippen LogP contribution in [0.15, 0.2) is 0 Å². The van der Waals surface area contributed by atoms with Crippen LogP contribution < -0.4 is 0 Å². The Bertz CT molecular complexity index is 113. The van der Waals surface area contributed by atoms with Crippen LogP contribution in [0, 0.1) is 8.97 Å². The standard InChI is InChI=1S/C5H9Si.CH3.Hg/c1-5-6(2,3)4;;/h2-4H3;1H3;. The first-order valence-corrected chi connectivity index (χ1v) is 14.8. The van der Waals surface area contributed by atoms with Crippen molar-refractivity contribution in [3.05, 3.63) is 0 Å². The van der Waals surface area contributed by atoms with Crippen molar-refractivity contribution in [3.63, 3.8) is 0 Å². The molecule has 0 aromatic rings. The van der Waals surface area contributed by atoms with Gasteiger partial charge in [-0.15, -0.1) is 0 Å². The van der Waals surface area contributed by atoms with Crippen molar-refractivity contribution in [2.24, 2.45) is 0 Å². The van der Waals surface area contributed by atoms with E-state index in [0.29, 0.717) is 0 Å². The summed E-state index contributed by atoms with van der Waals surface area (Å²) in [7, 11) is -0.984. The fourth-order valence-electron chi connectivity index (χ4n) is 0.354. The minimum atomic E-state index is -0.984. The van der Waals surface area contributed by atoms with Gasteiger partial charge in [0, 0.05) is 0 Å². The van der Waals surface area contributed by atoms with E-state index in [0.717, 1.165) is 0 Å². The zero-order valence-electron chi connectivity index (χ0n) is 6.21. The van der Waals surface area contributed by atoms with E-state index >= 15 is 0 Å². The molecule has 0 radical (unpaired) electrons. The topological polar surface area (TPSA) is 0 Å². The summed E-state index contributed by atoms with van der Waals surface area (Å²) in [5.74, 6) is 0. The summed E-state index contributed by atoms with van der Waals surface area (Å²) in [5, 5.41) is 0. The Kier molecular flexibility index (Phi) is 4.01. The molecule has 0 bridgehead atoms. The van der Waals surface area contributed by atoms with E-state index in [1.54, 1.807) is 0 Å². The Morgan fingerprint density at radius 3 is 1.88 bits per heavy atom. The predicted molar refractivity (Wildman–Crippen MR) is 37.0 cm³/mol. The molecule has 0 aliphatic carbocycles. The molecule has 0 N–H and O–H groups in total. The molecular formula is C6H12HgSi. The molecule has 2 heteroatoms. The van der Waals surface area contributed by atoms with Crippen LogP contribution in [0.5, 0.6) is 0 Å². The van der Waals surface area contributed by atoms with Crippen molar-refractivity contribution < 1.29 is 24.6 Å². The molecule has 0 unspecified atom stereocenters. The van der Waals surface area contributed by atoms with Crippen LogP contribution in [0.1, 0.15) is 0 Å². The molecule has 0 saturated carbocycles. The van der Waals surface area contributed by atoms with E-state index in [9.17, 15) is 0 Å². The number of rotatable bonds is 0. The first-order valence-electron chi connectivity index (χ1n) is 3.06. The first-order chi connectivity index (χ1) is 3.56. The third kappa shape index (κ3) is 6.71. The van der Waals surface area contributed by atoms with Crippen LogP contribution in [-0.4, -0.2) is 8.07 Å². The van der Waals surface area contributed by atoms with Crippen LogP contribution >= 0.6 is 0 Å². The van der Waals surface area contributed by atoms with Crippen LogP contribution in [0.25, 0.3) is 0 Å². The summed E-state index contributed by atoms with van der Waals surface area (Å²) in [5.41, 5.74) is 3.36. The summed E-state index contributed by atoms with van der Waals surface area (Å²) >= 11 is -0.590. The van der Waals surface area contributed by atoms with E-state index in [1.807, 2.05) is 0 Å². The van der Waals surface area contributed by atoms with Gasteiger partial charge in [-0.3, -0.25) is 0 Å². The molecule has 8 heavy (non-hydrogen) atoms. The molecule has 0 aromatic heterocycles. The van der Waals surface area contributed by atoms with Gasteiger partial charge in [0.15, 0.2) is 0 Å². The molecule has 0 aromatic carbocycles. The second-order valence-electron chi connectivity index (χ2n) is 2.91. The van der Waals surface area contributed by atoms with E-state index in [2.05, 4.69) is 33.0 Å². The van der Waals surface area contributed by atoms with Gasteiger partial charge in [-0.2, -0.15) is 0 Å². The van der Waals surface area contributed by atoms with Crippen molar-refractivity contribution in [2.45, 2.75) is 24.1 Å². The second kappa shape index (κ2) is 3.68. The van der Waals surface area contributed by atoms with Gasteiger partial charge in [0.1, 0.15) is 0 Å². The van der Waals surface area contributed by atoms with Crippen LogP contribution in [-0.2, 0) is 24.6 Å². The van der Waals surface area contributed by atoms with E-state index in [1.165, 1.54) is 0 Å². The normalized spacial score (nSPS) is 9.00. The fourth-order valence-corrected chi connectivity index (χ4v) is 9.31. The maximum absolute atomic E-state index is 3.36. The molecule has 0 nitrogen and oxygen atoms in total. The summed E-state index contributed by atoms with van der Waals surface area (Å²) in [6.45, 7) is 6.89. The summed E-state index contributed by atoms with van der Waals surface area (Å²) in [6, 6.07) is 0. The van der Waals surface area contributed by atoms with Gasteiger partial charge in [0.25, 0.3) is 0 Å². The quantitative estimate of drug-likeness (QED) is 0.474. The van der Waals surface area contributed by atoms with Gasteiger partial charge in [-0.05, 0) is 0 Å². The van der Waals surface area contributed by atoms with Crippen molar-refractivity contribution in [1.82, 2.24) is 0 Å². The summed E-state index contributed by atoms with van der Waals surface area (Å²) < 4.78 is 5.63. The van der Waals surface area contributed by atoms with Crippen LogP contribution in [0.3, 0.4) is 0 Å². The van der Waals surface area contributed by atoms with Gasteiger partial charge < -0.3 is 0 Å². The molecule has 42 valence electrons. The Hall–Kier alpha value is 0.712. The monoisotopic (exact) mass is 314 g/mol. The summed E-state index contributed by atoms with van der Waals surface area (Å²) in [4.78, 5) is 0. The van der Waals surface area contributed by atoms with Gasteiger partial charge in [0.05, 0.1) is 0 Å². The minimum absolute atomic E-state index is 0.590. The maximum atomic E-state index is 3.36. The zero-order valence-corrected chi connectivity index (χ0v) is 12.7. The molecule has 0 heterocycles. The van der Waals surface area contributed by atoms with Crippen molar-refractivity contribution in [2.75, 3.05) is 0 Å². The van der Waals surface area contributed by atoms with E-state index < -0.39 is 32.6 Å². The molecule has 0 spiro atoms. The molecule has 0 amide bonds. The van der Waals surface area contributed by atoms with Crippen molar-refractivity contribution >= 4 is 8.07 Å². The SMILES string of the molecule is [CH3][Hg][C]#C[Si](C)(C)C. The van der Waals surface area contributed by atoms with Crippen LogP contribution in [0.4, 0.5) is 0 Å². The summed E-state index contributed by atoms with van der Waals surface area (Å²) in [6.07, 6.45) is 0. The average molecular weight is 313 g/mol. The predicted octanol–water partition coefficient (Wildman–Crippen LogP) is 1.96. The Morgan fingerprint density at radius 2 is 1.75 bits per heavy atom. The molecule has 0 atom stereocenters. The van der Waals surface area contributed by atoms with Gasteiger partial charge in [0.2, 0.25) is 0 Å². The Morgan fingerprint density at radius 1 is 1.25 bits per heavy atom. The van der Waals surface area contributed by atoms with Crippen molar-refractivity contribution in [1.29, 1.82) is 0 Å². The average Bonchev–Trinajstić information content (AvgIpc) is 1.59. The van der Waals surface area contributed by atoms with E-state index in [-0.39, 0.29) is 0 Å².